The molecular formula is C52H44N4Si. The molecular weight excluding hydrogens is 709 g/mol. The van der Waals surface area contributed by atoms with E-state index in [1.54, 1.807) is 0 Å². The Balaban J connectivity index is 1.23. The second kappa shape index (κ2) is 14.1. The van der Waals surface area contributed by atoms with Crippen molar-refractivity contribution < 1.29 is 4.11 Å². The highest BCUT2D eigenvalue weighted by atomic mass is 28.3. The van der Waals surface area contributed by atoms with Crippen molar-refractivity contribution in [1.82, 2.24) is 9.55 Å². The first kappa shape index (κ1) is 31.5. The first-order valence-corrected chi connectivity index (χ1v) is 21.7. The first-order chi connectivity index (χ1) is 29.2. The molecule has 0 unspecified atom stereocenters. The SMILES string of the molecule is [2H]C([2H])([2H])N1CN(c2cccc([Si](c3ccccc3)(c3ccccc3)c3ccc4c5ccccc5n(-c5cc(-c6ccccc6C(C)C)ccn5)c4c3)c2)c2ccccc21. The number of anilines is 3. The number of fused-ring (bicyclic) bond motifs is 4. The molecule has 9 aromatic rings. The molecule has 0 saturated heterocycles. The van der Waals surface area contributed by atoms with Gasteiger partial charge >= 0.3 is 0 Å². The minimum Gasteiger partial charge on any atom is -0.355 e. The van der Waals surface area contributed by atoms with Crippen LogP contribution in [0.25, 0.3) is 38.8 Å². The summed E-state index contributed by atoms with van der Waals surface area (Å²) in [5, 5.41) is 7.29. The van der Waals surface area contributed by atoms with Gasteiger partial charge in [-0.25, -0.2) is 4.98 Å². The summed E-state index contributed by atoms with van der Waals surface area (Å²) >= 11 is 0. The van der Waals surface area contributed by atoms with Crippen molar-refractivity contribution in [3.8, 4) is 16.9 Å². The van der Waals surface area contributed by atoms with Crippen molar-refractivity contribution in [3.05, 3.63) is 200 Å². The fourth-order valence-corrected chi connectivity index (χ4v) is 13.9. The number of aromatic nitrogens is 2. The van der Waals surface area contributed by atoms with Gasteiger partial charge in [0.15, 0.2) is 8.07 Å². The number of benzene rings is 7. The Labute approximate surface area is 340 Å². The molecule has 5 heteroatoms. The van der Waals surface area contributed by atoms with E-state index in [0.29, 0.717) is 11.6 Å². The second-order valence-electron chi connectivity index (χ2n) is 15.2. The Morgan fingerprint density at radius 2 is 1.21 bits per heavy atom. The van der Waals surface area contributed by atoms with Crippen LogP contribution < -0.4 is 30.5 Å². The smallest absolute Gasteiger partial charge is 0.179 e. The van der Waals surface area contributed by atoms with Crippen LogP contribution in [-0.4, -0.2) is 31.3 Å². The Morgan fingerprint density at radius 1 is 0.561 bits per heavy atom. The largest absolute Gasteiger partial charge is 0.355 e. The standard InChI is InChI=1S/C52H44N4Si/c1-37(2)44-23-10-11-24-45(44)38-31-32-53-52(33-38)56-48-26-13-12-25-46(48)47-30-29-43(35-51(47)56)57(40-18-6-4-7-19-40,41-20-8-5-9-21-41)42-22-16-17-39(34-42)55-36-54(3)49-27-14-15-28-50(49)55/h4-35,37H,36H2,1-3H3/i3D3. The van der Waals surface area contributed by atoms with Crippen LogP contribution in [0.3, 0.4) is 0 Å². The van der Waals surface area contributed by atoms with E-state index >= 15 is 0 Å². The summed E-state index contributed by atoms with van der Waals surface area (Å²) in [5.41, 5.74) is 8.42. The molecule has 0 radical (unpaired) electrons. The van der Waals surface area contributed by atoms with E-state index in [1.165, 1.54) is 47.5 Å². The third kappa shape index (κ3) is 5.69. The maximum atomic E-state index is 8.39. The molecule has 10 rings (SSSR count). The molecule has 4 nitrogen and oxygen atoms in total. The van der Waals surface area contributed by atoms with E-state index in [9.17, 15) is 0 Å². The maximum Gasteiger partial charge on any atom is 0.179 e. The van der Waals surface area contributed by atoms with E-state index in [0.717, 1.165) is 33.8 Å². The molecule has 1 aliphatic heterocycles. The molecule has 0 atom stereocenters. The minimum absolute atomic E-state index is 0.226. The van der Waals surface area contributed by atoms with Crippen molar-refractivity contribution in [2.24, 2.45) is 0 Å². The molecule has 0 bridgehead atoms. The third-order valence-corrected chi connectivity index (χ3v) is 16.5. The number of rotatable bonds is 8. The van der Waals surface area contributed by atoms with Crippen LogP contribution in [-0.2, 0) is 0 Å². The van der Waals surface area contributed by atoms with Crippen LogP contribution in [0.5, 0.6) is 0 Å². The van der Waals surface area contributed by atoms with Gasteiger partial charge in [-0.3, -0.25) is 4.57 Å². The minimum atomic E-state index is -3.09. The van der Waals surface area contributed by atoms with E-state index < -0.39 is 15.0 Å². The van der Waals surface area contributed by atoms with Gasteiger partial charge in [0.2, 0.25) is 0 Å². The zero-order valence-electron chi connectivity index (χ0n) is 35.0. The summed E-state index contributed by atoms with van der Waals surface area (Å²) in [5.74, 6) is 1.25. The van der Waals surface area contributed by atoms with Gasteiger partial charge < -0.3 is 9.80 Å². The quantitative estimate of drug-likeness (QED) is 0.114. The van der Waals surface area contributed by atoms with Gasteiger partial charge in [-0.1, -0.05) is 153 Å². The van der Waals surface area contributed by atoms with Crippen LogP contribution in [0.4, 0.5) is 17.1 Å². The number of hydrogen-bond donors (Lipinski definition) is 0. The summed E-state index contributed by atoms with van der Waals surface area (Å²) in [7, 11) is -3.09. The molecule has 276 valence electrons. The van der Waals surface area contributed by atoms with Crippen LogP contribution in [0.2, 0.25) is 0 Å². The van der Waals surface area contributed by atoms with Crippen molar-refractivity contribution in [2.45, 2.75) is 19.8 Å². The zero-order chi connectivity index (χ0) is 41.0. The van der Waals surface area contributed by atoms with Crippen molar-refractivity contribution in [2.75, 3.05) is 23.4 Å². The lowest BCUT2D eigenvalue weighted by atomic mass is 9.93. The summed E-state index contributed by atoms with van der Waals surface area (Å²) < 4.78 is 27.5. The first-order valence-electron chi connectivity index (χ1n) is 21.2. The van der Waals surface area contributed by atoms with E-state index in [4.69, 9.17) is 9.10 Å². The van der Waals surface area contributed by atoms with Gasteiger partial charge in [-0.2, -0.15) is 0 Å². The lowest BCUT2D eigenvalue weighted by Crippen LogP contribution is -2.74. The molecule has 2 aromatic heterocycles. The number of nitrogens with zero attached hydrogens (tertiary/aromatic N) is 4. The van der Waals surface area contributed by atoms with Gasteiger partial charge in [0.05, 0.1) is 29.1 Å². The van der Waals surface area contributed by atoms with Crippen molar-refractivity contribution in [3.63, 3.8) is 0 Å². The molecule has 0 saturated carbocycles. The molecule has 0 N–H and O–H groups in total. The summed E-state index contributed by atoms with van der Waals surface area (Å²) in [6.45, 7) is 2.44. The molecule has 0 amide bonds. The van der Waals surface area contributed by atoms with Crippen molar-refractivity contribution >= 4 is 67.7 Å². The van der Waals surface area contributed by atoms with Crippen LogP contribution in [0.15, 0.2) is 194 Å². The third-order valence-electron chi connectivity index (χ3n) is 11.7. The highest BCUT2D eigenvalue weighted by Crippen LogP contribution is 2.39. The maximum absolute atomic E-state index is 8.39. The van der Waals surface area contributed by atoms with Crippen LogP contribution >= 0.6 is 0 Å². The fraction of sp³-hybridized carbons (Fsp3) is 0.0962. The van der Waals surface area contributed by atoms with E-state index in [-0.39, 0.29) is 6.67 Å². The normalized spacial score (nSPS) is 13.8. The van der Waals surface area contributed by atoms with Crippen molar-refractivity contribution in [1.29, 1.82) is 0 Å². The predicted octanol–water partition coefficient (Wildman–Crippen LogP) is 9.89. The molecule has 57 heavy (non-hydrogen) atoms. The molecule has 0 aliphatic carbocycles. The molecule has 0 spiro atoms. The summed E-state index contributed by atoms with van der Waals surface area (Å²) in [6, 6.07) is 67.3. The van der Waals surface area contributed by atoms with E-state index in [2.05, 4.69) is 187 Å². The Morgan fingerprint density at radius 3 is 1.98 bits per heavy atom. The van der Waals surface area contributed by atoms with Crippen LogP contribution in [0, 0.1) is 0 Å². The van der Waals surface area contributed by atoms with Gasteiger partial charge in [0, 0.05) is 33.7 Å². The average molecular weight is 756 g/mol. The lowest BCUT2D eigenvalue weighted by Gasteiger charge is -2.35. The monoisotopic (exact) mass is 755 g/mol. The average Bonchev–Trinajstić information content (AvgIpc) is 3.85. The number of para-hydroxylation sites is 3. The Hall–Kier alpha value is -6.69. The lowest BCUT2D eigenvalue weighted by molar-refractivity contribution is 0.869. The summed E-state index contributed by atoms with van der Waals surface area (Å²) in [4.78, 5) is 8.73. The van der Waals surface area contributed by atoms with Gasteiger partial charge in [-0.15, -0.1) is 0 Å². The zero-order valence-corrected chi connectivity index (χ0v) is 33.0. The molecule has 3 heterocycles. The van der Waals surface area contributed by atoms with Gasteiger partial charge in [0.25, 0.3) is 0 Å². The highest BCUT2D eigenvalue weighted by molar-refractivity contribution is 7.20. The number of hydrogen-bond acceptors (Lipinski definition) is 3. The second-order valence-corrected chi connectivity index (χ2v) is 19.1. The Kier molecular flexibility index (Phi) is 7.80. The van der Waals surface area contributed by atoms with Gasteiger partial charge in [0.1, 0.15) is 5.82 Å². The Bertz CT molecular complexity index is 2980. The van der Waals surface area contributed by atoms with Gasteiger partial charge in [-0.05, 0) is 91.9 Å². The topological polar surface area (TPSA) is 24.3 Å². The molecule has 7 aromatic carbocycles. The highest BCUT2D eigenvalue weighted by Gasteiger charge is 2.42. The van der Waals surface area contributed by atoms with E-state index in [1.807, 2.05) is 30.5 Å². The summed E-state index contributed by atoms with van der Waals surface area (Å²) in [6.07, 6.45) is 1.94. The molecule has 0 fully saturated rings. The predicted molar refractivity (Wildman–Crippen MR) is 244 cm³/mol. The molecule has 1 aliphatic rings. The number of pyridine rings is 1. The fourth-order valence-electron chi connectivity index (χ4n) is 9.14. The van der Waals surface area contributed by atoms with Crippen LogP contribution in [0.1, 0.15) is 29.4 Å².